The van der Waals surface area contributed by atoms with Crippen LogP contribution in [0.4, 0.5) is 0 Å². The Labute approximate surface area is 123 Å². The number of amides is 1. The molecular formula is C15H20N2O4. The average molecular weight is 292 g/mol. The number of nitrogens with one attached hydrogen (secondary N) is 1. The molecule has 0 spiro atoms. The topological polar surface area (TPSA) is 88.5 Å². The molecule has 0 aromatic carbocycles. The first kappa shape index (κ1) is 15.3. The molecule has 0 radical (unpaired) electrons. The van der Waals surface area contributed by atoms with Crippen molar-refractivity contribution < 1.29 is 19.4 Å². The van der Waals surface area contributed by atoms with Crippen molar-refractivity contribution in [3.05, 3.63) is 23.9 Å². The van der Waals surface area contributed by atoms with Crippen molar-refractivity contribution >= 4 is 11.9 Å². The largest absolute Gasteiger partial charge is 0.481 e. The molecule has 0 aliphatic heterocycles. The maximum absolute atomic E-state index is 12.2. The maximum atomic E-state index is 12.2. The highest BCUT2D eigenvalue weighted by Crippen LogP contribution is 2.32. The van der Waals surface area contributed by atoms with E-state index < -0.39 is 17.4 Å². The molecule has 2 rings (SSSR count). The Bertz CT molecular complexity index is 519. The van der Waals surface area contributed by atoms with Gasteiger partial charge >= 0.3 is 5.97 Å². The second-order valence-electron chi connectivity index (χ2n) is 5.61. The molecule has 1 saturated carbocycles. The van der Waals surface area contributed by atoms with E-state index in [-0.39, 0.29) is 0 Å². The van der Waals surface area contributed by atoms with Crippen LogP contribution in [0, 0.1) is 5.92 Å². The zero-order valence-electron chi connectivity index (χ0n) is 12.3. The molecule has 0 unspecified atom stereocenters. The van der Waals surface area contributed by atoms with Crippen molar-refractivity contribution in [1.82, 2.24) is 10.3 Å². The minimum Gasteiger partial charge on any atom is -0.481 e. The molecule has 1 aromatic heterocycles. The fraction of sp³-hybridized carbons (Fsp3) is 0.533. The molecule has 6 heteroatoms. The van der Waals surface area contributed by atoms with Gasteiger partial charge in [0.05, 0.1) is 12.7 Å². The lowest BCUT2D eigenvalue weighted by atomic mass is 9.77. The Balaban J connectivity index is 2.12. The van der Waals surface area contributed by atoms with Crippen LogP contribution in [0.5, 0.6) is 5.88 Å². The maximum Gasteiger partial charge on any atom is 0.329 e. The van der Waals surface area contributed by atoms with E-state index in [1.807, 2.05) is 0 Å². The van der Waals surface area contributed by atoms with Crippen molar-refractivity contribution in [3.63, 3.8) is 0 Å². The monoisotopic (exact) mass is 292 g/mol. The summed E-state index contributed by atoms with van der Waals surface area (Å²) >= 11 is 0. The molecule has 0 atom stereocenters. The van der Waals surface area contributed by atoms with Crippen LogP contribution in [0.1, 0.15) is 43.0 Å². The summed E-state index contributed by atoms with van der Waals surface area (Å²) in [7, 11) is 1.49. The Hall–Kier alpha value is -2.11. The summed E-state index contributed by atoms with van der Waals surface area (Å²) in [5.74, 6) is -0.477. The average Bonchev–Trinajstić information content (AvgIpc) is 2.49. The molecule has 1 amide bonds. The molecule has 114 valence electrons. The highest BCUT2D eigenvalue weighted by atomic mass is 16.5. The van der Waals surface area contributed by atoms with Gasteiger partial charge in [-0.2, -0.15) is 0 Å². The van der Waals surface area contributed by atoms with E-state index in [9.17, 15) is 14.7 Å². The number of hydrogen-bond donors (Lipinski definition) is 2. The van der Waals surface area contributed by atoms with Crippen LogP contribution in [0.25, 0.3) is 0 Å². The van der Waals surface area contributed by atoms with Gasteiger partial charge in [0.1, 0.15) is 5.54 Å². The van der Waals surface area contributed by atoms with Gasteiger partial charge in [-0.25, -0.2) is 9.78 Å². The minimum atomic E-state index is -1.16. The second kappa shape index (κ2) is 6.11. The summed E-state index contributed by atoms with van der Waals surface area (Å²) in [5, 5.41) is 12.2. The van der Waals surface area contributed by atoms with E-state index in [4.69, 9.17) is 4.74 Å². The lowest BCUT2D eigenvalue weighted by Crippen LogP contribution is -2.56. The number of aromatic nitrogens is 1. The van der Waals surface area contributed by atoms with Gasteiger partial charge in [0.25, 0.3) is 5.91 Å². The van der Waals surface area contributed by atoms with Crippen molar-refractivity contribution in [1.29, 1.82) is 0 Å². The molecule has 6 nitrogen and oxygen atoms in total. The van der Waals surface area contributed by atoms with Crippen LogP contribution >= 0.6 is 0 Å². The van der Waals surface area contributed by atoms with Gasteiger partial charge in [-0.05, 0) is 37.7 Å². The number of carboxylic acid groups (broad SMARTS) is 1. The summed E-state index contributed by atoms with van der Waals surface area (Å²) in [4.78, 5) is 27.8. The predicted octanol–water partition coefficient (Wildman–Crippen LogP) is 1.85. The van der Waals surface area contributed by atoms with Crippen LogP contribution in [-0.4, -0.2) is 34.6 Å². The van der Waals surface area contributed by atoms with Gasteiger partial charge in [0, 0.05) is 12.3 Å². The van der Waals surface area contributed by atoms with E-state index in [0.717, 1.165) is 12.8 Å². The fourth-order valence-electron chi connectivity index (χ4n) is 2.57. The first-order valence-electron chi connectivity index (χ1n) is 7.03. The lowest BCUT2D eigenvalue weighted by Gasteiger charge is -2.36. The Morgan fingerprint density at radius 2 is 2.05 bits per heavy atom. The number of aliphatic carboxylic acids is 1. The van der Waals surface area contributed by atoms with Gasteiger partial charge in [0.2, 0.25) is 5.88 Å². The molecular weight excluding hydrogens is 272 g/mol. The summed E-state index contributed by atoms with van der Waals surface area (Å²) in [5.41, 5.74) is -0.834. The molecule has 1 aliphatic rings. The SMILES string of the molecule is COc1ccc(C(=O)NC2(C(=O)O)CCC(C)CC2)cn1. The van der Waals surface area contributed by atoms with Crippen LogP contribution in [-0.2, 0) is 4.79 Å². The van der Waals surface area contributed by atoms with Gasteiger partial charge in [-0.1, -0.05) is 6.92 Å². The summed E-state index contributed by atoms with van der Waals surface area (Å²) < 4.78 is 4.93. The molecule has 1 fully saturated rings. The molecule has 1 aliphatic carbocycles. The molecule has 1 heterocycles. The van der Waals surface area contributed by atoms with Crippen LogP contribution in [0.2, 0.25) is 0 Å². The number of ether oxygens (including phenoxy) is 1. The summed E-state index contributed by atoms with van der Waals surface area (Å²) in [6, 6.07) is 3.15. The minimum absolute atomic E-state index is 0.329. The van der Waals surface area contributed by atoms with E-state index in [0.29, 0.717) is 30.2 Å². The Morgan fingerprint density at radius 1 is 1.38 bits per heavy atom. The first-order chi connectivity index (χ1) is 9.97. The van der Waals surface area contributed by atoms with Gasteiger partial charge < -0.3 is 15.2 Å². The first-order valence-corrected chi connectivity index (χ1v) is 7.03. The molecule has 0 bridgehead atoms. The predicted molar refractivity (Wildman–Crippen MR) is 76.3 cm³/mol. The number of carbonyl (C=O) groups is 2. The molecule has 21 heavy (non-hydrogen) atoms. The van der Waals surface area contributed by atoms with E-state index >= 15 is 0 Å². The third kappa shape index (κ3) is 3.32. The third-order valence-corrected chi connectivity index (χ3v) is 4.10. The second-order valence-corrected chi connectivity index (χ2v) is 5.61. The summed E-state index contributed by atoms with van der Waals surface area (Å²) in [6.07, 6.45) is 3.90. The normalized spacial score (nSPS) is 25.1. The summed E-state index contributed by atoms with van der Waals surface area (Å²) in [6.45, 7) is 2.10. The van der Waals surface area contributed by atoms with E-state index in [1.54, 1.807) is 12.1 Å². The van der Waals surface area contributed by atoms with E-state index in [2.05, 4.69) is 17.2 Å². The van der Waals surface area contributed by atoms with Gasteiger partial charge in [0.15, 0.2) is 0 Å². The number of nitrogens with zero attached hydrogens (tertiary/aromatic N) is 1. The van der Waals surface area contributed by atoms with E-state index in [1.165, 1.54) is 13.3 Å². The van der Waals surface area contributed by atoms with Gasteiger partial charge in [-0.3, -0.25) is 4.79 Å². The van der Waals surface area contributed by atoms with Crippen LogP contribution < -0.4 is 10.1 Å². The lowest BCUT2D eigenvalue weighted by molar-refractivity contribution is -0.146. The zero-order chi connectivity index (χ0) is 15.5. The highest BCUT2D eigenvalue weighted by molar-refractivity contribution is 5.97. The quantitative estimate of drug-likeness (QED) is 0.884. The van der Waals surface area contributed by atoms with Gasteiger partial charge in [-0.15, -0.1) is 0 Å². The number of methoxy groups -OCH3 is 1. The zero-order valence-corrected chi connectivity index (χ0v) is 12.3. The van der Waals surface area contributed by atoms with Crippen LogP contribution in [0.15, 0.2) is 18.3 Å². The Morgan fingerprint density at radius 3 is 2.52 bits per heavy atom. The third-order valence-electron chi connectivity index (χ3n) is 4.10. The Kier molecular flexibility index (Phi) is 4.45. The number of carbonyl (C=O) groups excluding carboxylic acids is 1. The molecule has 2 N–H and O–H groups in total. The van der Waals surface area contributed by atoms with Crippen molar-refractivity contribution in [2.45, 2.75) is 38.1 Å². The smallest absolute Gasteiger partial charge is 0.329 e. The van der Waals surface area contributed by atoms with Crippen molar-refractivity contribution in [2.75, 3.05) is 7.11 Å². The van der Waals surface area contributed by atoms with Crippen LogP contribution in [0.3, 0.4) is 0 Å². The highest BCUT2D eigenvalue weighted by Gasteiger charge is 2.42. The number of hydrogen-bond acceptors (Lipinski definition) is 4. The number of pyridine rings is 1. The fourth-order valence-corrected chi connectivity index (χ4v) is 2.57. The number of rotatable bonds is 4. The van der Waals surface area contributed by atoms with Crippen molar-refractivity contribution in [3.8, 4) is 5.88 Å². The molecule has 1 aromatic rings. The number of carboxylic acids is 1. The standard InChI is InChI=1S/C15H20N2O4/c1-10-5-7-15(8-6-10,14(19)20)17-13(18)11-3-4-12(21-2)16-9-11/h3-4,9-10H,5-8H2,1-2H3,(H,17,18)(H,19,20). The van der Waals surface area contributed by atoms with Crippen molar-refractivity contribution in [2.24, 2.45) is 5.92 Å². The molecule has 0 saturated heterocycles.